The van der Waals surface area contributed by atoms with Crippen LogP contribution >= 0.6 is 0 Å². The topological polar surface area (TPSA) is 103 Å². The van der Waals surface area contributed by atoms with Crippen LogP contribution in [0.1, 0.15) is 38.7 Å². The Morgan fingerprint density at radius 3 is 2.69 bits per heavy atom. The van der Waals surface area contributed by atoms with Gasteiger partial charge < -0.3 is 20.1 Å². The summed E-state index contributed by atoms with van der Waals surface area (Å²) in [7, 11) is 0. The van der Waals surface area contributed by atoms with E-state index in [9.17, 15) is 4.79 Å². The lowest BCUT2D eigenvalue weighted by Gasteiger charge is -2.39. The van der Waals surface area contributed by atoms with E-state index < -0.39 is 5.97 Å². The monoisotopic (exact) mass is 436 g/mol. The Hall–Kier alpha value is -3.55. The van der Waals surface area contributed by atoms with Gasteiger partial charge in [0.15, 0.2) is 5.84 Å². The maximum atomic E-state index is 12.2. The number of anilines is 2. The van der Waals surface area contributed by atoms with Crippen molar-refractivity contribution in [2.24, 2.45) is 5.10 Å². The highest BCUT2D eigenvalue weighted by molar-refractivity contribution is 6.10. The average molecular weight is 437 g/mol. The molecule has 3 aliphatic rings. The molecule has 1 amide bonds. The van der Waals surface area contributed by atoms with Crippen LogP contribution in [0.4, 0.5) is 11.4 Å². The summed E-state index contributed by atoms with van der Waals surface area (Å²) in [5, 5.41) is 15.3. The fourth-order valence-corrected chi connectivity index (χ4v) is 4.02. The molecule has 3 N–H and O–H groups in total. The largest absolute Gasteiger partial charge is 0.483 e. The smallest absolute Gasteiger partial charge is 0.300 e. The average Bonchev–Trinajstić information content (AvgIpc) is 2.72. The van der Waals surface area contributed by atoms with Crippen LogP contribution in [0.5, 0.6) is 5.75 Å². The van der Waals surface area contributed by atoms with Gasteiger partial charge in [-0.1, -0.05) is 29.8 Å². The van der Waals surface area contributed by atoms with Crippen LogP contribution in [0, 0.1) is 6.92 Å². The molecule has 2 aliphatic heterocycles. The van der Waals surface area contributed by atoms with Crippen molar-refractivity contribution in [2.45, 2.75) is 52.1 Å². The second-order valence-corrected chi connectivity index (χ2v) is 8.36. The molecule has 1 atom stereocenters. The Bertz CT molecular complexity index is 1070. The number of rotatable bonds is 3. The van der Waals surface area contributed by atoms with Crippen molar-refractivity contribution in [3.63, 3.8) is 0 Å². The Labute approximate surface area is 187 Å². The van der Waals surface area contributed by atoms with Crippen LogP contribution in [0.15, 0.2) is 41.5 Å². The summed E-state index contributed by atoms with van der Waals surface area (Å²) < 4.78 is 6.02. The normalized spacial score (nSPS) is 19.1. The zero-order chi connectivity index (χ0) is 22.8. The molecule has 5 rings (SSSR count). The third kappa shape index (κ3) is 4.39. The van der Waals surface area contributed by atoms with E-state index >= 15 is 0 Å². The molecule has 168 valence electrons. The highest BCUT2D eigenvalue weighted by Gasteiger charge is 2.36. The number of hydrazone groups is 1. The fourth-order valence-electron chi connectivity index (χ4n) is 4.02. The van der Waals surface area contributed by atoms with E-state index in [4.69, 9.17) is 14.6 Å². The molecule has 0 spiro atoms. The molecule has 2 aromatic rings. The molecule has 2 aromatic carbocycles. The molecule has 1 aliphatic carbocycles. The van der Waals surface area contributed by atoms with Gasteiger partial charge in [0.25, 0.3) is 11.9 Å². The third-order valence-electron chi connectivity index (χ3n) is 5.85. The molecule has 1 saturated carbocycles. The van der Waals surface area contributed by atoms with Crippen molar-refractivity contribution in [2.75, 3.05) is 16.8 Å². The summed E-state index contributed by atoms with van der Waals surface area (Å²) in [5.74, 6) is 0.585. The standard InChI is InChI=1S/C22H24N4O2.C2H4O2/c1-13-5-3-6-15(9-13)17-10-20-19(11-18(17)23-16-7-4-8-16)26-14(2)22(27)25-24-21(26)12-28-20;1-2(3)4/h3,5-6,9-11,14,16,23H,4,7-8,12H2,1-2H3,(H,25,27);1H3,(H,3,4). The molecule has 0 bridgehead atoms. The SMILES string of the molecule is CC(=O)O.Cc1cccc(-c2cc3c(cc2NC2CCC2)N2C(=NNC(=O)C2C)CO3)c1. The first-order valence-corrected chi connectivity index (χ1v) is 10.8. The van der Waals surface area contributed by atoms with Crippen LogP contribution in [0.3, 0.4) is 0 Å². The van der Waals surface area contributed by atoms with Crippen LogP contribution in [0.2, 0.25) is 0 Å². The van der Waals surface area contributed by atoms with E-state index in [0.717, 1.165) is 41.0 Å². The second kappa shape index (κ2) is 8.90. The van der Waals surface area contributed by atoms with Gasteiger partial charge in [-0.05, 0) is 50.8 Å². The van der Waals surface area contributed by atoms with E-state index in [1.165, 1.54) is 24.8 Å². The van der Waals surface area contributed by atoms with E-state index in [1.54, 1.807) is 0 Å². The summed E-state index contributed by atoms with van der Waals surface area (Å²) in [5.41, 5.74) is 8.07. The summed E-state index contributed by atoms with van der Waals surface area (Å²) >= 11 is 0. The van der Waals surface area contributed by atoms with Gasteiger partial charge >= 0.3 is 0 Å². The highest BCUT2D eigenvalue weighted by Crippen LogP contribution is 2.43. The van der Waals surface area contributed by atoms with Crippen molar-refractivity contribution in [1.29, 1.82) is 0 Å². The van der Waals surface area contributed by atoms with Crippen molar-refractivity contribution in [1.82, 2.24) is 5.43 Å². The van der Waals surface area contributed by atoms with Crippen molar-refractivity contribution >= 4 is 29.1 Å². The summed E-state index contributed by atoms with van der Waals surface area (Å²) in [6, 6.07) is 12.9. The zero-order valence-electron chi connectivity index (χ0n) is 18.5. The number of benzene rings is 2. The first kappa shape index (κ1) is 21.7. The zero-order valence-corrected chi connectivity index (χ0v) is 18.5. The minimum atomic E-state index is -0.833. The number of fused-ring (bicyclic) bond motifs is 3. The number of carbonyl (C=O) groups excluding carboxylic acids is 1. The third-order valence-corrected chi connectivity index (χ3v) is 5.85. The molecular weight excluding hydrogens is 408 g/mol. The number of nitrogens with one attached hydrogen (secondary N) is 2. The number of carboxylic acid groups (broad SMARTS) is 1. The molecule has 2 heterocycles. The van der Waals surface area contributed by atoms with Gasteiger partial charge in [0, 0.05) is 24.2 Å². The molecule has 1 unspecified atom stereocenters. The first-order chi connectivity index (χ1) is 15.3. The van der Waals surface area contributed by atoms with Crippen molar-refractivity contribution < 1.29 is 19.4 Å². The minimum Gasteiger partial charge on any atom is -0.483 e. The number of nitrogens with zero attached hydrogens (tertiary/aromatic N) is 2. The van der Waals surface area contributed by atoms with E-state index in [-0.39, 0.29) is 11.9 Å². The second-order valence-electron chi connectivity index (χ2n) is 8.36. The van der Waals surface area contributed by atoms with Gasteiger partial charge in [0.2, 0.25) is 0 Å². The Kier molecular flexibility index (Phi) is 6.03. The first-order valence-electron chi connectivity index (χ1n) is 10.8. The number of carbonyl (C=O) groups is 2. The number of aliphatic carboxylic acids is 1. The lowest BCUT2D eigenvalue weighted by atomic mass is 9.91. The maximum Gasteiger partial charge on any atom is 0.300 e. The molecule has 32 heavy (non-hydrogen) atoms. The van der Waals surface area contributed by atoms with E-state index in [2.05, 4.69) is 59.2 Å². The maximum absolute atomic E-state index is 12.2. The van der Waals surface area contributed by atoms with Crippen LogP contribution in [-0.2, 0) is 9.59 Å². The number of ether oxygens (including phenoxy) is 1. The number of carboxylic acids is 1. The number of hydrogen-bond donors (Lipinski definition) is 3. The highest BCUT2D eigenvalue weighted by atomic mass is 16.5. The molecule has 0 radical (unpaired) electrons. The van der Waals surface area contributed by atoms with Crippen LogP contribution in [0.25, 0.3) is 11.1 Å². The summed E-state index contributed by atoms with van der Waals surface area (Å²) in [6.07, 6.45) is 3.65. The predicted molar refractivity (Wildman–Crippen MR) is 124 cm³/mol. The lowest BCUT2D eigenvalue weighted by molar-refractivity contribution is -0.134. The molecule has 1 fully saturated rings. The van der Waals surface area contributed by atoms with Gasteiger partial charge in [-0.15, -0.1) is 0 Å². The predicted octanol–water partition coefficient (Wildman–Crippen LogP) is 3.75. The fraction of sp³-hybridized carbons (Fsp3) is 0.375. The lowest BCUT2D eigenvalue weighted by Crippen LogP contribution is -2.55. The summed E-state index contributed by atoms with van der Waals surface area (Å²) in [6.45, 7) is 5.43. The Morgan fingerprint density at radius 1 is 1.28 bits per heavy atom. The van der Waals surface area contributed by atoms with E-state index in [1.807, 2.05) is 11.8 Å². The van der Waals surface area contributed by atoms with Gasteiger partial charge in [0.1, 0.15) is 18.4 Å². The van der Waals surface area contributed by atoms with Gasteiger partial charge in [-0.3, -0.25) is 9.59 Å². The number of amides is 1. The quantitative estimate of drug-likeness (QED) is 0.677. The number of hydrogen-bond acceptors (Lipinski definition) is 6. The Balaban J connectivity index is 0.000000567. The molecule has 0 aromatic heterocycles. The van der Waals surface area contributed by atoms with E-state index in [0.29, 0.717) is 12.6 Å². The molecule has 8 heteroatoms. The van der Waals surface area contributed by atoms with Crippen molar-refractivity contribution in [3.05, 3.63) is 42.0 Å². The van der Waals surface area contributed by atoms with Crippen molar-refractivity contribution in [3.8, 4) is 16.9 Å². The molecule has 0 saturated heterocycles. The van der Waals surface area contributed by atoms with Crippen LogP contribution < -0.4 is 20.4 Å². The molecule has 8 nitrogen and oxygen atoms in total. The number of aryl methyl sites for hydroxylation is 1. The van der Waals surface area contributed by atoms with Gasteiger partial charge in [-0.2, -0.15) is 5.10 Å². The summed E-state index contributed by atoms with van der Waals surface area (Å²) in [4.78, 5) is 23.2. The Morgan fingerprint density at radius 2 is 2.03 bits per heavy atom. The van der Waals surface area contributed by atoms with Crippen LogP contribution in [-0.4, -0.2) is 41.5 Å². The minimum absolute atomic E-state index is 0.104. The van der Waals surface area contributed by atoms with Gasteiger partial charge in [0.05, 0.1) is 5.69 Å². The molecular formula is C24H28N4O4. The number of amidine groups is 1. The van der Waals surface area contributed by atoms with Gasteiger partial charge in [-0.25, -0.2) is 5.43 Å².